The molecule has 0 aromatic heterocycles. The van der Waals surface area contributed by atoms with Gasteiger partial charge in [-0.15, -0.1) is 0 Å². The number of hydrogen-bond donors (Lipinski definition) is 1. The summed E-state index contributed by atoms with van der Waals surface area (Å²) < 4.78 is 4.93. The molecule has 3 nitrogen and oxygen atoms in total. The summed E-state index contributed by atoms with van der Waals surface area (Å²) in [5.74, 6) is 0. The van der Waals surface area contributed by atoms with Crippen molar-refractivity contribution in [1.82, 2.24) is 0 Å². The summed E-state index contributed by atoms with van der Waals surface area (Å²) in [5, 5.41) is 3.25. The lowest BCUT2D eigenvalue weighted by molar-refractivity contribution is 0.160. The van der Waals surface area contributed by atoms with Gasteiger partial charge in [0.15, 0.2) is 0 Å². The van der Waals surface area contributed by atoms with Gasteiger partial charge in [-0.05, 0) is 18.6 Å². The molecule has 1 N–H and O–H groups in total. The molecule has 88 valence electrons. The molecule has 0 saturated heterocycles. The number of halogens is 2. The van der Waals surface area contributed by atoms with E-state index in [4.69, 9.17) is 27.9 Å². The number of ether oxygens (including phenoxy) is 1. The van der Waals surface area contributed by atoms with Gasteiger partial charge in [0, 0.05) is 0 Å². The largest absolute Gasteiger partial charge is 0.449 e. The quantitative estimate of drug-likeness (QED) is 0.819. The zero-order valence-electron chi connectivity index (χ0n) is 8.93. The third kappa shape index (κ3) is 3.91. The molecule has 0 saturated carbocycles. The van der Waals surface area contributed by atoms with E-state index in [1.807, 2.05) is 6.92 Å². The summed E-state index contributed by atoms with van der Waals surface area (Å²) >= 11 is 11.7. The van der Waals surface area contributed by atoms with Gasteiger partial charge in [0.1, 0.15) is 0 Å². The Morgan fingerprint density at radius 2 is 2.19 bits per heavy atom. The lowest BCUT2D eigenvalue weighted by Gasteiger charge is -2.08. The highest BCUT2D eigenvalue weighted by Crippen LogP contribution is 2.29. The van der Waals surface area contributed by atoms with Gasteiger partial charge < -0.3 is 4.74 Å². The second-order valence-corrected chi connectivity index (χ2v) is 4.00. The van der Waals surface area contributed by atoms with E-state index in [-0.39, 0.29) is 0 Å². The maximum atomic E-state index is 11.3. The third-order valence-corrected chi connectivity index (χ3v) is 2.74. The van der Waals surface area contributed by atoms with Crippen LogP contribution in [0.1, 0.15) is 19.8 Å². The maximum absolute atomic E-state index is 11.3. The fourth-order valence-corrected chi connectivity index (χ4v) is 1.40. The zero-order chi connectivity index (χ0) is 12.0. The summed E-state index contributed by atoms with van der Waals surface area (Å²) in [6.45, 7) is 2.43. The highest BCUT2D eigenvalue weighted by Gasteiger charge is 2.08. The molecule has 0 radical (unpaired) electrons. The van der Waals surface area contributed by atoms with Crippen LogP contribution in [0.5, 0.6) is 0 Å². The molecule has 0 spiro atoms. The smallest absolute Gasteiger partial charge is 0.411 e. The number of carbonyl (C=O) groups is 1. The van der Waals surface area contributed by atoms with Crippen LogP contribution in [0.3, 0.4) is 0 Å². The number of nitrogens with one attached hydrogen (secondary N) is 1. The molecule has 1 aromatic rings. The molecule has 16 heavy (non-hydrogen) atoms. The number of benzene rings is 1. The number of unbranched alkanes of at least 4 members (excludes halogenated alkanes) is 1. The van der Waals surface area contributed by atoms with Crippen LogP contribution < -0.4 is 5.32 Å². The maximum Gasteiger partial charge on any atom is 0.411 e. The molecule has 0 unspecified atom stereocenters. The van der Waals surface area contributed by atoms with Crippen LogP contribution in [0.4, 0.5) is 10.5 Å². The summed E-state index contributed by atoms with van der Waals surface area (Å²) in [4.78, 5) is 11.3. The summed E-state index contributed by atoms with van der Waals surface area (Å²) in [5.41, 5.74) is 0.454. The Morgan fingerprint density at radius 3 is 2.88 bits per heavy atom. The molecule has 1 aromatic carbocycles. The molecule has 0 fully saturated rings. The number of amides is 1. The molecule has 1 rings (SSSR count). The average molecular weight is 262 g/mol. The predicted octanol–water partition coefficient (Wildman–Crippen LogP) is 4.34. The summed E-state index contributed by atoms with van der Waals surface area (Å²) in [6.07, 6.45) is 1.31. The van der Waals surface area contributed by atoms with E-state index in [0.29, 0.717) is 22.3 Å². The Labute approximate surface area is 105 Å². The van der Waals surface area contributed by atoms with E-state index in [1.165, 1.54) is 0 Å². The van der Waals surface area contributed by atoms with Gasteiger partial charge in [0.05, 0.1) is 22.3 Å². The highest BCUT2D eigenvalue weighted by atomic mass is 35.5. The summed E-state index contributed by atoms with van der Waals surface area (Å²) in [6, 6.07) is 5.02. The molecule has 0 aliphatic heterocycles. The molecule has 5 heteroatoms. The zero-order valence-corrected chi connectivity index (χ0v) is 10.4. The van der Waals surface area contributed by atoms with Crippen LogP contribution in [0.15, 0.2) is 18.2 Å². The van der Waals surface area contributed by atoms with Gasteiger partial charge in [0.25, 0.3) is 0 Å². The molecule has 0 heterocycles. The minimum absolute atomic E-state index is 0.316. The molecule has 0 aliphatic rings. The van der Waals surface area contributed by atoms with Gasteiger partial charge in [0.2, 0.25) is 0 Å². The predicted molar refractivity (Wildman–Crippen MR) is 66.3 cm³/mol. The summed E-state index contributed by atoms with van der Waals surface area (Å²) in [7, 11) is 0. The minimum Gasteiger partial charge on any atom is -0.449 e. The van der Waals surface area contributed by atoms with E-state index < -0.39 is 6.09 Å². The fraction of sp³-hybridized carbons (Fsp3) is 0.364. The first kappa shape index (κ1) is 13.1. The van der Waals surface area contributed by atoms with Crippen LogP contribution in [0.25, 0.3) is 0 Å². The third-order valence-electron chi connectivity index (χ3n) is 1.92. The SMILES string of the molecule is CCCCOC(=O)Nc1cccc(Cl)c1Cl. The van der Waals surface area contributed by atoms with Crippen molar-refractivity contribution in [2.45, 2.75) is 19.8 Å². The topological polar surface area (TPSA) is 38.3 Å². The molecule has 0 bridgehead atoms. The van der Waals surface area contributed by atoms with Crippen molar-refractivity contribution in [3.05, 3.63) is 28.2 Å². The first-order valence-electron chi connectivity index (χ1n) is 5.03. The molecule has 0 atom stereocenters. The minimum atomic E-state index is -0.516. The Balaban J connectivity index is 2.53. The molecule has 0 aliphatic carbocycles. The number of anilines is 1. The van der Waals surface area contributed by atoms with Gasteiger partial charge in [-0.2, -0.15) is 0 Å². The highest BCUT2D eigenvalue weighted by molar-refractivity contribution is 6.43. The van der Waals surface area contributed by atoms with E-state index in [2.05, 4.69) is 5.32 Å². The van der Waals surface area contributed by atoms with Crippen LogP contribution in [-0.2, 0) is 4.74 Å². The average Bonchev–Trinajstić information content (AvgIpc) is 2.25. The van der Waals surface area contributed by atoms with Crippen molar-refractivity contribution in [3.63, 3.8) is 0 Å². The van der Waals surface area contributed by atoms with Crippen LogP contribution in [-0.4, -0.2) is 12.7 Å². The molecular formula is C11H13Cl2NO2. The Bertz CT molecular complexity index is 369. The van der Waals surface area contributed by atoms with E-state index >= 15 is 0 Å². The Kier molecular flexibility index (Phi) is 5.43. The fourth-order valence-electron chi connectivity index (χ4n) is 1.06. The van der Waals surface area contributed by atoms with E-state index in [1.54, 1.807) is 18.2 Å². The lowest BCUT2D eigenvalue weighted by atomic mass is 10.3. The van der Waals surface area contributed by atoms with Crippen molar-refractivity contribution < 1.29 is 9.53 Å². The van der Waals surface area contributed by atoms with E-state index in [9.17, 15) is 4.79 Å². The van der Waals surface area contributed by atoms with Gasteiger partial charge in [-0.1, -0.05) is 42.6 Å². The van der Waals surface area contributed by atoms with Gasteiger partial charge in [-0.25, -0.2) is 4.79 Å². The van der Waals surface area contributed by atoms with Crippen LogP contribution in [0.2, 0.25) is 10.0 Å². The first-order valence-corrected chi connectivity index (χ1v) is 5.78. The van der Waals surface area contributed by atoms with E-state index in [0.717, 1.165) is 12.8 Å². The molecule has 1 amide bonds. The second kappa shape index (κ2) is 6.61. The normalized spacial score (nSPS) is 9.94. The number of hydrogen-bond acceptors (Lipinski definition) is 2. The van der Waals surface area contributed by atoms with Crippen LogP contribution in [0, 0.1) is 0 Å². The van der Waals surface area contributed by atoms with Crippen molar-refractivity contribution in [2.24, 2.45) is 0 Å². The Morgan fingerprint density at radius 1 is 1.44 bits per heavy atom. The Hall–Kier alpha value is -0.930. The second-order valence-electron chi connectivity index (χ2n) is 3.22. The van der Waals surface area contributed by atoms with Gasteiger partial charge in [-0.3, -0.25) is 5.32 Å². The monoisotopic (exact) mass is 261 g/mol. The van der Waals surface area contributed by atoms with Crippen LogP contribution >= 0.6 is 23.2 Å². The first-order chi connectivity index (χ1) is 7.65. The van der Waals surface area contributed by atoms with Crippen molar-refractivity contribution in [3.8, 4) is 0 Å². The number of rotatable bonds is 4. The van der Waals surface area contributed by atoms with Gasteiger partial charge >= 0.3 is 6.09 Å². The molecular weight excluding hydrogens is 249 g/mol. The van der Waals surface area contributed by atoms with Crippen molar-refractivity contribution in [2.75, 3.05) is 11.9 Å². The van der Waals surface area contributed by atoms with Crippen molar-refractivity contribution in [1.29, 1.82) is 0 Å². The van der Waals surface area contributed by atoms with Crippen molar-refractivity contribution >= 4 is 35.0 Å². The standard InChI is InChI=1S/C11H13Cl2NO2/c1-2-3-7-16-11(15)14-9-6-4-5-8(12)10(9)13/h4-6H,2-3,7H2,1H3,(H,14,15). The lowest BCUT2D eigenvalue weighted by Crippen LogP contribution is -2.14. The number of carbonyl (C=O) groups excluding carboxylic acids is 1.